The van der Waals surface area contributed by atoms with Gasteiger partial charge in [-0.15, -0.1) is 11.3 Å². The normalized spacial score (nSPS) is 10.3. The smallest absolute Gasteiger partial charge is 0.339 e. The predicted octanol–water partition coefficient (Wildman–Crippen LogP) is 4.06. The number of aromatic carboxylic acids is 1. The van der Waals surface area contributed by atoms with E-state index in [1.807, 2.05) is 17.5 Å². The molecule has 2 rings (SSSR count). The summed E-state index contributed by atoms with van der Waals surface area (Å²) in [5, 5.41) is 13.8. The van der Waals surface area contributed by atoms with Crippen molar-refractivity contribution in [2.75, 3.05) is 5.32 Å². The van der Waals surface area contributed by atoms with Crippen molar-refractivity contribution >= 4 is 40.5 Å². The molecule has 0 saturated heterocycles. The zero-order valence-electron chi connectivity index (χ0n) is 11.1. The van der Waals surface area contributed by atoms with E-state index in [0.29, 0.717) is 6.42 Å². The first-order valence-corrected chi connectivity index (χ1v) is 7.67. The Morgan fingerprint density at radius 1 is 1.24 bits per heavy atom. The van der Waals surface area contributed by atoms with Gasteiger partial charge in [-0.05, 0) is 36.4 Å². The molecule has 0 aliphatic rings. The summed E-state index contributed by atoms with van der Waals surface area (Å²) in [4.78, 5) is 24.3. The highest BCUT2D eigenvalue weighted by atomic mass is 35.5. The van der Waals surface area contributed by atoms with Crippen LogP contribution in [0.2, 0.25) is 5.02 Å². The summed E-state index contributed by atoms with van der Waals surface area (Å²) in [6.45, 7) is 0. The van der Waals surface area contributed by atoms with Crippen LogP contribution in [-0.4, -0.2) is 17.0 Å². The van der Waals surface area contributed by atoms with Gasteiger partial charge in [0.1, 0.15) is 5.56 Å². The highest BCUT2D eigenvalue weighted by molar-refractivity contribution is 7.09. The quantitative estimate of drug-likeness (QED) is 0.842. The highest BCUT2D eigenvalue weighted by Crippen LogP contribution is 2.24. The molecule has 2 aromatic rings. The SMILES string of the molecule is O=C(CCCc1cccs1)Nc1cccc(Cl)c1C(=O)O. The first-order valence-electron chi connectivity index (χ1n) is 6.42. The van der Waals surface area contributed by atoms with Gasteiger partial charge in [-0.2, -0.15) is 0 Å². The maximum Gasteiger partial charge on any atom is 0.339 e. The largest absolute Gasteiger partial charge is 0.478 e. The zero-order valence-corrected chi connectivity index (χ0v) is 12.7. The second-order valence-corrected chi connectivity index (χ2v) is 5.89. The van der Waals surface area contributed by atoms with E-state index in [-0.39, 0.29) is 22.2 Å². The Labute approximate surface area is 131 Å². The average molecular weight is 324 g/mol. The molecule has 1 heterocycles. The Morgan fingerprint density at radius 3 is 2.71 bits per heavy atom. The van der Waals surface area contributed by atoms with Gasteiger partial charge in [0.2, 0.25) is 5.91 Å². The molecule has 0 radical (unpaired) electrons. The van der Waals surface area contributed by atoms with Crippen LogP contribution in [0.25, 0.3) is 0 Å². The van der Waals surface area contributed by atoms with Crippen molar-refractivity contribution in [3.63, 3.8) is 0 Å². The molecular formula is C15H14ClNO3S. The lowest BCUT2D eigenvalue weighted by Gasteiger charge is -2.09. The molecule has 2 N–H and O–H groups in total. The van der Waals surface area contributed by atoms with Crippen LogP contribution in [0.15, 0.2) is 35.7 Å². The number of hydrogen-bond acceptors (Lipinski definition) is 3. The number of aryl methyl sites for hydroxylation is 1. The van der Waals surface area contributed by atoms with Crippen LogP contribution in [0.1, 0.15) is 28.1 Å². The number of carboxylic acid groups (broad SMARTS) is 1. The Morgan fingerprint density at radius 2 is 2.05 bits per heavy atom. The number of hydrogen-bond donors (Lipinski definition) is 2. The molecule has 110 valence electrons. The van der Waals surface area contributed by atoms with Gasteiger partial charge in [0.05, 0.1) is 10.7 Å². The number of anilines is 1. The Balaban J connectivity index is 1.93. The Hall–Kier alpha value is -1.85. The van der Waals surface area contributed by atoms with Crippen LogP contribution in [-0.2, 0) is 11.2 Å². The van der Waals surface area contributed by atoms with Crippen LogP contribution >= 0.6 is 22.9 Å². The summed E-state index contributed by atoms with van der Waals surface area (Å²) in [6, 6.07) is 8.63. The second kappa shape index (κ2) is 7.24. The molecule has 0 unspecified atom stereocenters. The minimum atomic E-state index is -1.16. The lowest BCUT2D eigenvalue weighted by molar-refractivity contribution is -0.116. The van der Waals surface area contributed by atoms with Gasteiger partial charge >= 0.3 is 5.97 Å². The number of halogens is 1. The zero-order chi connectivity index (χ0) is 15.2. The van der Waals surface area contributed by atoms with Crippen molar-refractivity contribution in [2.45, 2.75) is 19.3 Å². The molecule has 0 atom stereocenters. The van der Waals surface area contributed by atoms with E-state index >= 15 is 0 Å². The van der Waals surface area contributed by atoms with Crippen molar-refractivity contribution < 1.29 is 14.7 Å². The number of nitrogens with one attached hydrogen (secondary N) is 1. The summed E-state index contributed by atoms with van der Waals surface area (Å²) >= 11 is 7.51. The molecule has 0 aliphatic heterocycles. The van der Waals surface area contributed by atoms with Crippen molar-refractivity contribution in [1.29, 1.82) is 0 Å². The number of carbonyl (C=O) groups excluding carboxylic acids is 1. The minimum Gasteiger partial charge on any atom is -0.478 e. The fourth-order valence-electron chi connectivity index (χ4n) is 1.94. The average Bonchev–Trinajstić information content (AvgIpc) is 2.91. The third-order valence-corrected chi connectivity index (χ3v) is 4.16. The number of thiophene rings is 1. The third kappa shape index (κ3) is 4.31. The van der Waals surface area contributed by atoms with E-state index in [1.54, 1.807) is 17.4 Å². The molecule has 0 bridgehead atoms. The molecule has 0 aliphatic carbocycles. The predicted molar refractivity (Wildman–Crippen MR) is 84.3 cm³/mol. The Kier molecular flexibility index (Phi) is 5.36. The molecular weight excluding hydrogens is 310 g/mol. The van der Waals surface area contributed by atoms with Gasteiger partial charge in [0.25, 0.3) is 0 Å². The van der Waals surface area contributed by atoms with Crippen LogP contribution < -0.4 is 5.32 Å². The molecule has 0 spiro atoms. The maximum atomic E-state index is 11.9. The first kappa shape index (κ1) is 15.5. The second-order valence-electron chi connectivity index (χ2n) is 4.45. The van der Waals surface area contributed by atoms with E-state index in [1.165, 1.54) is 17.0 Å². The fraction of sp³-hybridized carbons (Fsp3) is 0.200. The van der Waals surface area contributed by atoms with E-state index < -0.39 is 5.97 Å². The summed E-state index contributed by atoms with van der Waals surface area (Å²) in [7, 11) is 0. The maximum absolute atomic E-state index is 11.9. The van der Waals surface area contributed by atoms with Crippen molar-refractivity contribution in [2.24, 2.45) is 0 Å². The monoisotopic (exact) mass is 323 g/mol. The number of rotatable bonds is 6. The molecule has 0 saturated carbocycles. The standard InChI is InChI=1S/C15H14ClNO3S/c16-11-6-2-7-12(14(11)15(19)20)17-13(18)8-1-4-10-5-3-9-21-10/h2-3,5-7,9H,1,4,8H2,(H,17,18)(H,19,20). The molecule has 1 amide bonds. The fourth-order valence-corrected chi connectivity index (χ4v) is 2.94. The van der Waals surface area contributed by atoms with E-state index in [4.69, 9.17) is 16.7 Å². The lowest BCUT2D eigenvalue weighted by atomic mass is 10.1. The van der Waals surface area contributed by atoms with Crippen LogP contribution in [0.3, 0.4) is 0 Å². The first-order chi connectivity index (χ1) is 10.1. The van der Waals surface area contributed by atoms with E-state index in [2.05, 4.69) is 5.32 Å². The number of benzene rings is 1. The van der Waals surface area contributed by atoms with Crippen LogP contribution in [0.5, 0.6) is 0 Å². The molecule has 1 aromatic carbocycles. The van der Waals surface area contributed by atoms with Crippen molar-refractivity contribution in [1.82, 2.24) is 0 Å². The minimum absolute atomic E-state index is 0.0780. The van der Waals surface area contributed by atoms with Crippen LogP contribution in [0.4, 0.5) is 5.69 Å². The lowest BCUT2D eigenvalue weighted by Crippen LogP contribution is -2.14. The van der Waals surface area contributed by atoms with Crippen molar-refractivity contribution in [3.8, 4) is 0 Å². The van der Waals surface area contributed by atoms with Gasteiger partial charge in [-0.25, -0.2) is 4.79 Å². The number of amides is 1. The van der Waals surface area contributed by atoms with Crippen LogP contribution in [0, 0.1) is 0 Å². The number of carbonyl (C=O) groups is 2. The van der Waals surface area contributed by atoms with Gasteiger partial charge in [0, 0.05) is 11.3 Å². The van der Waals surface area contributed by atoms with Crippen molar-refractivity contribution in [3.05, 3.63) is 51.2 Å². The summed E-state index contributed by atoms with van der Waals surface area (Å²) in [5.41, 5.74) is 0.155. The van der Waals surface area contributed by atoms with Gasteiger partial charge in [0.15, 0.2) is 0 Å². The highest BCUT2D eigenvalue weighted by Gasteiger charge is 2.15. The Bertz CT molecular complexity index is 640. The molecule has 0 fully saturated rings. The van der Waals surface area contributed by atoms with E-state index in [9.17, 15) is 9.59 Å². The summed E-state index contributed by atoms with van der Waals surface area (Å²) in [6.07, 6.45) is 1.89. The topological polar surface area (TPSA) is 66.4 Å². The molecule has 1 aromatic heterocycles. The summed E-state index contributed by atoms with van der Waals surface area (Å²) < 4.78 is 0. The molecule has 4 nitrogen and oxygen atoms in total. The van der Waals surface area contributed by atoms with Gasteiger partial charge in [-0.3, -0.25) is 4.79 Å². The number of carboxylic acids is 1. The van der Waals surface area contributed by atoms with Gasteiger partial charge in [-0.1, -0.05) is 23.7 Å². The molecule has 21 heavy (non-hydrogen) atoms. The molecule has 6 heteroatoms. The van der Waals surface area contributed by atoms with Gasteiger partial charge < -0.3 is 10.4 Å². The van der Waals surface area contributed by atoms with E-state index in [0.717, 1.165) is 12.8 Å². The third-order valence-electron chi connectivity index (χ3n) is 2.91. The summed E-state index contributed by atoms with van der Waals surface area (Å²) in [5.74, 6) is -1.37.